The number of hydrogen-bond donors (Lipinski definition) is 4. The number of alkyl carbamates (subject to hydrolysis) is 1. The van der Waals surface area contributed by atoms with Crippen LogP contribution in [0.1, 0.15) is 74.4 Å². The second-order valence-corrected chi connectivity index (χ2v) is 17.0. The van der Waals surface area contributed by atoms with Gasteiger partial charge in [-0.15, -0.1) is 0 Å². The second kappa shape index (κ2) is 19.9. The van der Waals surface area contributed by atoms with E-state index in [0.717, 1.165) is 16.7 Å². The number of likely N-dealkylation sites (tertiary alicyclic amines) is 1. The lowest BCUT2D eigenvalue weighted by Gasteiger charge is -2.35. The standard InChI is InChI=1S/C47H57N7O8/c1-46(2,3)62-45(60)51-37(28-34-29-48-30-53(34)4)42(57)54-26-14-21-39(54)41(56)52-47(25-24-33-19-12-13-20-35(33)47)44(59)50-36(23-22-31-15-8-6-9-16-31)40(55)49-38(43(58)61-5)27-32-17-10-7-11-18-32/h6-13,15-20,29-30,36-39H,14,21-28H2,1-5H3,(H,49,55)(H,50,59)(H,51,60)(H,52,56)/t36-,37-,38-,39+,47?/m0/s1. The van der Waals surface area contributed by atoms with Crippen molar-refractivity contribution in [2.75, 3.05) is 13.7 Å². The Morgan fingerprint density at radius 2 is 1.52 bits per heavy atom. The van der Waals surface area contributed by atoms with Crippen LogP contribution in [0.4, 0.5) is 4.79 Å². The van der Waals surface area contributed by atoms with Crippen molar-refractivity contribution in [2.45, 2.75) is 107 Å². The summed E-state index contributed by atoms with van der Waals surface area (Å²) in [6.45, 7) is 5.42. The Bertz CT molecular complexity index is 2220. The van der Waals surface area contributed by atoms with Gasteiger partial charge in [0.15, 0.2) is 0 Å². The molecule has 328 valence electrons. The van der Waals surface area contributed by atoms with Crippen LogP contribution in [-0.2, 0) is 71.7 Å². The first kappa shape index (κ1) is 45.0. The molecule has 5 amide bonds. The maximum atomic E-state index is 15.0. The molecule has 2 heterocycles. The normalized spacial score (nSPS) is 18.4. The van der Waals surface area contributed by atoms with Crippen LogP contribution in [0.2, 0.25) is 0 Å². The number of nitrogens with one attached hydrogen (secondary N) is 4. The summed E-state index contributed by atoms with van der Waals surface area (Å²) in [7, 11) is 3.04. The summed E-state index contributed by atoms with van der Waals surface area (Å²) >= 11 is 0. The Labute approximate surface area is 362 Å². The molecule has 62 heavy (non-hydrogen) atoms. The predicted octanol–water partition coefficient (Wildman–Crippen LogP) is 3.82. The van der Waals surface area contributed by atoms with E-state index < -0.39 is 71.0 Å². The highest BCUT2D eigenvalue weighted by Crippen LogP contribution is 2.38. The number of amides is 5. The highest BCUT2D eigenvalue weighted by molar-refractivity contribution is 5.99. The van der Waals surface area contributed by atoms with Crippen molar-refractivity contribution in [1.82, 2.24) is 35.7 Å². The zero-order chi connectivity index (χ0) is 44.4. The third-order valence-corrected chi connectivity index (χ3v) is 11.4. The third-order valence-electron chi connectivity index (χ3n) is 11.4. The minimum atomic E-state index is -1.61. The van der Waals surface area contributed by atoms with Crippen molar-refractivity contribution in [1.29, 1.82) is 0 Å². The van der Waals surface area contributed by atoms with Gasteiger partial charge in [-0.3, -0.25) is 19.2 Å². The minimum absolute atomic E-state index is 0.0910. The van der Waals surface area contributed by atoms with E-state index in [9.17, 15) is 28.8 Å². The molecule has 1 aromatic heterocycles. The van der Waals surface area contributed by atoms with Gasteiger partial charge in [0.25, 0.3) is 5.91 Å². The fraction of sp³-hybridized carbons (Fsp3) is 0.426. The van der Waals surface area contributed by atoms with Crippen LogP contribution < -0.4 is 21.3 Å². The topological polar surface area (TPSA) is 190 Å². The van der Waals surface area contributed by atoms with Gasteiger partial charge in [-0.05, 0) is 81.5 Å². The number of carbonyl (C=O) groups excluding carboxylic acids is 6. The number of ether oxygens (including phenoxy) is 2. The van der Waals surface area contributed by atoms with Gasteiger partial charge < -0.3 is 40.2 Å². The van der Waals surface area contributed by atoms with Gasteiger partial charge in [0.05, 0.1) is 13.4 Å². The largest absolute Gasteiger partial charge is 0.467 e. The lowest BCUT2D eigenvalue weighted by molar-refractivity contribution is -0.145. The molecule has 1 aliphatic heterocycles. The van der Waals surface area contributed by atoms with E-state index in [2.05, 4.69) is 26.3 Å². The van der Waals surface area contributed by atoms with Crippen LogP contribution in [0.25, 0.3) is 0 Å². The van der Waals surface area contributed by atoms with Crippen LogP contribution in [0.3, 0.4) is 0 Å². The molecule has 0 radical (unpaired) electrons. The van der Waals surface area contributed by atoms with Gasteiger partial charge in [-0.25, -0.2) is 14.6 Å². The highest BCUT2D eigenvalue weighted by atomic mass is 16.6. The summed E-state index contributed by atoms with van der Waals surface area (Å²) in [6, 6.07) is 21.9. The summed E-state index contributed by atoms with van der Waals surface area (Å²) in [5.74, 6) is -2.84. The van der Waals surface area contributed by atoms with Gasteiger partial charge in [-0.2, -0.15) is 0 Å². The molecule has 1 unspecified atom stereocenters. The zero-order valence-corrected chi connectivity index (χ0v) is 36.0. The highest BCUT2D eigenvalue weighted by Gasteiger charge is 2.50. The number of imidazole rings is 1. The molecule has 4 N–H and O–H groups in total. The molecule has 5 atom stereocenters. The average molecular weight is 848 g/mol. The fourth-order valence-electron chi connectivity index (χ4n) is 8.23. The Kier molecular flexibility index (Phi) is 14.5. The van der Waals surface area contributed by atoms with Crippen LogP contribution >= 0.6 is 0 Å². The molecular formula is C47H57N7O8. The summed E-state index contributed by atoms with van der Waals surface area (Å²) in [5.41, 5.74) is 1.45. The third kappa shape index (κ3) is 11.0. The number of benzene rings is 3. The number of aryl methyl sites for hydroxylation is 3. The second-order valence-electron chi connectivity index (χ2n) is 17.0. The van der Waals surface area contributed by atoms with Crippen LogP contribution in [0, 0.1) is 0 Å². The molecule has 0 saturated carbocycles. The monoisotopic (exact) mass is 847 g/mol. The molecule has 3 aromatic carbocycles. The molecule has 15 heteroatoms. The van der Waals surface area contributed by atoms with Crippen molar-refractivity contribution in [2.24, 2.45) is 7.05 Å². The molecule has 0 spiro atoms. The van der Waals surface area contributed by atoms with Gasteiger partial charge in [0.2, 0.25) is 17.7 Å². The minimum Gasteiger partial charge on any atom is -0.467 e. The van der Waals surface area contributed by atoms with Crippen LogP contribution in [-0.4, -0.2) is 93.6 Å². The summed E-state index contributed by atoms with van der Waals surface area (Å²) in [4.78, 5) is 90.0. The average Bonchev–Trinajstić information content (AvgIpc) is 4.01. The van der Waals surface area contributed by atoms with E-state index in [1.165, 1.54) is 12.0 Å². The van der Waals surface area contributed by atoms with Crippen molar-refractivity contribution in [3.05, 3.63) is 125 Å². The lowest BCUT2D eigenvalue weighted by Crippen LogP contribution is -2.62. The van der Waals surface area contributed by atoms with Crippen molar-refractivity contribution < 1.29 is 38.2 Å². The van der Waals surface area contributed by atoms with Gasteiger partial charge in [0.1, 0.15) is 35.3 Å². The summed E-state index contributed by atoms with van der Waals surface area (Å²) < 4.78 is 12.3. The van der Waals surface area contributed by atoms with E-state index >= 15 is 0 Å². The Morgan fingerprint density at radius 3 is 2.18 bits per heavy atom. The first-order valence-electron chi connectivity index (χ1n) is 21.1. The van der Waals surface area contributed by atoms with Crippen molar-refractivity contribution >= 4 is 35.7 Å². The molecule has 1 aliphatic carbocycles. The smallest absolute Gasteiger partial charge is 0.408 e. The van der Waals surface area contributed by atoms with Crippen LogP contribution in [0.15, 0.2) is 97.5 Å². The number of carbonyl (C=O) groups is 6. The first-order valence-corrected chi connectivity index (χ1v) is 21.1. The Balaban J connectivity index is 1.27. The summed E-state index contributed by atoms with van der Waals surface area (Å²) in [5, 5.41) is 11.6. The molecule has 6 rings (SSSR count). The van der Waals surface area contributed by atoms with E-state index in [-0.39, 0.29) is 32.2 Å². The maximum absolute atomic E-state index is 15.0. The number of esters is 1. The number of fused-ring (bicyclic) bond motifs is 1. The number of nitrogens with zero attached hydrogens (tertiary/aromatic N) is 3. The van der Waals surface area contributed by atoms with Gasteiger partial charge in [0, 0.05) is 38.3 Å². The Hall–Kier alpha value is -6.51. The van der Waals surface area contributed by atoms with E-state index in [0.29, 0.717) is 36.9 Å². The molecule has 1 fully saturated rings. The van der Waals surface area contributed by atoms with Crippen LogP contribution in [0.5, 0.6) is 0 Å². The fourth-order valence-corrected chi connectivity index (χ4v) is 8.23. The molecule has 4 aromatic rings. The Morgan fingerprint density at radius 1 is 0.839 bits per heavy atom. The predicted molar refractivity (Wildman–Crippen MR) is 230 cm³/mol. The number of hydrogen-bond acceptors (Lipinski definition) is 9. The van der Waals surface area contributed by atoms with Crippen molar-refractivity contribution in [3.63, 3.8) is 0 Å². The molecular weight excluding hydrogens is 791 g/mol. The molecule has 15 nitrogen and oxygen atoms in total. The van der Waals surface area contributed by atoms with E-state index in [1.54, 1.807) is 57.0 Å². The van der Waals surface area contributed by atoms with Gasteiger partial charge in [-0.1, -0.05) is 84.9 Å². The van der Waals surface area contributed by atoms with E-state index in [4.69, 9.17) is 9.47 Å². The molecule has 2 aliphatic rings. The number of methoxy groups -OCH3 is 1. The zero-order valence-electron chi connectivity index (χ0n) is 36.0. The maximum Gasteiger partial charge on any atom is 0.408 e. The van der Waals surface area contributed by atoms with E-state index in [1.807, 2.05) is 72.8 Å². The lowest BCUT2D eigenvalue weighted by atomic mass is 9.89. The van der Waals surface area contributed by atoms with Gasteiger partial charge >= 0.3 is 12.1 Å². The van der Waals surface area contributed by atoms with Crippen molar-refractivity contribution in [3.8, 4) is 0 Å². The quantitative estimate of drug-likeness (QED) is 0.122. The SMILES string of the molecule is COC(=O)[C@H](Cc1ccccc1)NC(=O)[C@H](CCc1ccccc1)NC(=O)C1(NC(=O)[C@H]2CCCN2C(=O)[C@H](Cc2cncn2C)NC(=O)OC(C)(C)C)CCc2ccccc21. The molecule has 1 saturated heterocycles. The number of rotatable bonds is 16. The molecule has 0 bridgehead atoms. The summed E-state index contributed by atoms with van der Waals surface area (Å²) in [6.07, 6.45) is 4.78. The number of aromatic nitrogens is 2. The first-order chi connectivity index (χ1) is 29.7.